The maximum atomic E-state index is 12.3. The predicted octanol–water partition coefficient (Wildman–Crippen LogP) is 4.02. The lowest BCUT2D eigenvalue weighted by atomic mass is 10.1. The second-order valence-electron chi connectivity index (χ2n) is 5.31. The molecule has 0 aromatic heterocycles. The fourth-order valence-corrected chi connectivity index (χ4v) is 4.31. The Kier molecular flexibility index (Phi) is 4.36. The first-order valence-electron chi connectivity index (χ1n) is 7.15. The predicted molar refractivity (Wildman–Crippen MR) is 89.4 cm³/mol. The zero-order chi connectivity index (χ0) is 14.7. The van der Waals surface area contributed by atoms with E-state index in [1.807, 2.05) is 54.2 Å². The van der Waals surface area contributed by atoms with Crippen LogP contribution in [0.1, 0.15) is 12.8 Å². The smallest absolute Gasteiger partial charge is 0.178 e. The molecule has 4 heteroatoms. The molecule has 0 spiro atoms. The lowest BCUT2D eigenvalue weighted by Gasteiger charge is -2.06. The van der Waals surface area contributed by atoms with Gasteiger partial charge in [-0.3, -0.25) is 0 Å². The van der Waals surface area contributed by atoms with E-state index in [1.54, 1.807) is 12.1 Å². The average molecular weight is 318 g/mol. The molecule has 1 aliphatic rings. The van der Waals surface area contributed by atoms with Crippen LogP contribution in [0, 0.1) is 0 Å². The van der Waals surface area contributed by atoms with Gasteiger partial charge in [0.05, 0.1) is 10.6 Å². The van der Waals surface area contributed by atoms with Crippen LogP contribution < -0.4 is 0 Å². The van der Waals surface area contributed by atoms with Gasteiger partial charge in [-0.15, -0.1) is 0 Å². The van der Waals surface area contributed by atoms with Gasteiger partial charge in [0.25, 0.3) is 0 Å². The van der Waals surface area contributed by atoms with Crippen molar-refractivity contribution in [2.45, 2.75) is 23.0 Å². The molecule has 1 saturated heterocycles. The third-order valence-corrected chi connectivity index (χ3v) is 6.52. The molecule has 3 rings (SSSR count). The second-order valence-corrected chi connectivity index (χ2v) is 8.75. The summed E-state index contributed by atoms with van der Waals surface area (Å²) in [5.74, 6) is 1.46. The first-order valence-corrected chi connectivity index (χ1v) is 9.85. The van der Waals surface area contributed by atoms with Crippen molar-refractivity contribution in [3.63, 3.8) is 0 Å². The summed E-state index contributed by atoms with van der Waals surface area (Å²) in [5.41, 5.74) is 2.15. The molecule has 0 bridgehead atoms. The SMILES string of the molecule is O=S(=O)(CCCC1CS1)c1ccc(-c2ccccc2)cc1. The van der Waals surface area contributed by atoms with Crippen molar-refractivity contribution in [2.24, 2.45) is 0 Å². The largest absolute Gasteiger partial charge is 0.224 e. The molecule has 2 aromatic rings. The van der Waals surface area contributed by atoms with Crippen LogP contribution in [-0.2, 0) is 9.84 Å². The molecule has 1 aliphatic heterocycles. The highest BCUT2D eigenvalue weighted by Crippen LogP contribution is 2.34. The molecule has 1 fully saturated rings. The Morgan fingerprint density at radius 2 is 1.57 bits per heavy atom. The van der Waals surface area contributed by atoms with Crippen LogP contribution >= 0.6 is 11.8 Å². The zero-order valence-electron chi connectivity index (χ0n) is 11.7. The van der Waals surface area contributed by atoms with Crippen LogP contribution in [0.25, 0.3) is 11.1 Å². The minimum Gasteiger partial charge on any atom is -0.224 e. The summed E-state index contributed by atoms with van der Waals surface area (Å²) in [4.78, 5) is 0.436. The summed E-state index contributed by atoms with van der Waals surface area (Å²) in [6, 6.07) is 17.2. The molecule has 0 amide bonds. The van der Waals surface area contributed by atoms with Gasteiger partial charge >= 0.3 is 0 Å². The molecule has 1 atom stereocenters. The second kappa shape index (κ2) is 6.24. The zero-order valence-corrected chi connectivity index (χ0v) is 13.4. The molecule has 0 N–H and O–H groups in total. The molecular formula is C17H18O2S2. The highest BCUT2D eigenvalue weighted by atomic mass is 32.2. The Morgan fingerprint density at radius 1 is 0.952 bits per heavy atom. The Balaban J connectivity index is 1.70. The van der Waals surface area contributed by atoms with E-state index in [-0.39, 0.29) is 5.75 Å². The Morgan fingerprint density at radius 3 is 2.19 bits per heavy atom. The van der Waals surface area contributed by atoms with Gasteiger partial charge in [-0.25, -0.2) is 8.42 Å². The minimum atomic E-state index is -3.14. The van der Waals surface area contributed by atoms with Crippen LogP contribution in [0.2, 0.25) is 0 Å². The lowest BCUT2D eigenvalue weighted by Crippen LogP contribution is -2.07. The number of sulfone groups is 1. The lowest BCUT2D eigenvalue weighted by molar-refractivity contribution is 0.592. The average Bonchev–Trinajstić information content (AvgIpc) is 3.32. The molecular weight excluding hydrogens is 300 g/mol. The van der Waals surface area contributed by atoms with Gasteiger partial charge in [0.2, 0.25) is 0 Å². The fraction of sp³-hybridized carbons (Fsp3) is 0.294. The van der Waals surface area contributed by atoms with Gasteiger partial charge in [-0.05, 0) is 36.1 Å². The molecule has 110 valence electrons. The van der Waals surface area contributed by atoms with Crippen LogP contribution in [0.4, 0.5) is 0 Å². The van der Waals surface area contributed by atoms with Crippen molar-refractivity contribution in [3.05, 3.63) is 54.6 Å². The van der Waals surface area contributed by atoms with Gasteiger partial charge in [-0.2, -0.15) is 11.8 Å². The van der Waals surface area contributed by atoms with Crippen molar-refractivity contribution in [1.82, 2.24) is 0 Å². The van der Waals surface area contributed by atoms with Crippen molar-refractivity contribution in [3.8, 4) is 11.1 Å². The van der Waals surface area contributed by atoms with Gasteiger partial charge in [0, 0.05) is 11.0 Å². The van der Waals surface area contributed by atoms with E-state index in [2.05, 4.69) is 0 Å². The van der Waals surface area contributed by atoms with Crippen LogP contribution in [0.5, 0.6) is 0 Å². The van der Waals surface area contributed by atoms with Crippen molar-refractivity contribution >= 4 is 21.6 Å². The topological polar surface area (TPSA) is 34.1 Å². The van der Waals surface area contributed by atoms with E-state index in [0.29, 0.717) is 10.1 Å². The standard InChI is InChI=1S/C17H18O2S2/c18-21(19,12-4-7-16-13-20-16)17-10-8-15(9-11-17)14-5-2-1-3-6-14/h1-3,5-6,8-11,16H,4,7,12-13H2. The molecule has 1 unspecified atom stereocenters. The highest BCUT2D eigenvalue weighted by Gasteiger charge is 2.23. The van der Waals surface area contributed by atoms with Crippen LogP contribution in [0.15, 0.2) is 59.5 Å². The molecule has 1 heterocycles. The van der Waals surface area contributed by atoms with Gasteiger partial charge in [0.15, 0.2) is 9.84 Å². The summed E-state index contributed by atoms with van der Waals surface area (Å²) in [6.07, 6.45) is 1.78. The first-order chi connectivity index (χ1) is 10.1. The summed E-state index contributed by atoms with van der Waals surface area (Å²) in [7, 11) is -3.14. The monoisotopic (exact) mass is 318 g/mol. The summed E-state index contributed by atoms with van der Waals surface area (Å²) < 4.78 is 24.6. The van der Waals surface area contributed by atoms with Crippen molar-refractivity contribution in [1.29, 1.82) is 0 Å². The number of hydrogen-bond acceptors (Lipinski definition) is 3. The molecule has 2 nitrogen and oxygen atoms in total. The van der Waals surface area contributed by atoms with Gasteiger partial charge in [-0.1, -0.05) is 42.5 Å². The summed E-state index contributed by atoms with van der Waals surface area (Å²) >= 11 is 1.92. The third-order valence-electron chi connectivity index (χ3n) is 3.66. The molecule has 0 radical (unpaired) electrons. The van der Waals surface area contributed by atoms with E-state index in [1.165, 1.54) is 5.75 Å². The van der Waals surface area contributed by atoms with E-state index in [0.717, 1.165) is 24.0 Å². The van der Waals surface area contributed by atoms with E-state index >= 15 is 0 Å². The quantitative estimate of drug-likeness (QED) is 0.754. The normalized spacial score (nSPS) is 17.6. The molecule has 0 aliphatic carbocycles. The first kappa shape index (κ1) is 14.7. The molecule has 2 aromatic carbocycles. The van der Waals surface area contributed by atoms with Crippen LogP contribution in [-0.4, -0.2) is 25.2 Å². The van der Waals surface area contributed by atoms with Gasteiger partial charge < -0.3 is 0 Å². The maximum Gasteiger partial charge on any atom is 0.178 e. The Hall–Kier alpha value is -1.26. The number of rotatable bonds is 6. The number of hydrogen-bond donors (Lipinski definition) is 0. The Bertz CT molecular complexity index is 687. The van der Waals surface area contributed by atoms with Gasteiger partial charge in [0.1, 0.15) is 0 Å². The fourth-order valence-electron chi connectivity index (χ4n) is 2.34. The third kappa shape index (κ3) is 3.89. The molecule has 0 saturated carbocycles. The number of benzene rings is 2. The van der Waals surface area contributed by atoms with Crippen LogP contribution in [0.3, 0.4) is 0 Å². The summed E-state index contributed by atoms with van der Waals surface area (Å²) in [5, 5.41) is 0.709. The maximum absolute atomic E-state index is 12.3. The number of thioether (sulfide) groups is 1. The van der Waals surface area contributed by atoms with Crippen molar-refractivity contribution < 1.29 is 8.42 Å². The highest BCUT2D eigenvalue weighted by molar-refractivity contribution is 8.06. The summed E-state index contributed by atoms with van der Waals surface area (Å²) in [6.45, 7) is 0. The minimum absolute atomic E-state index is 0.259. The van der Waals surface area contributed by atoms with E-state index < -0.39 is 9.84 Å². The Labute approximate surface area is 130 Å². The molecule has 21 heavy (non-hydrogen) atoms. The van der Waals surface area contributed by atoms with E-state index in [4.69, 9.17) is 0 Å². The van der Waals surface area contributed by atoms with Crippen molar-refractivity contribution in [2.75, 3.05) is 11.5 Å². The van der Waals surface area contributed by atoms with E-state index in [9.17, 15) is 8.42 Å².